The predicted octanol–water partition coefficient (Wildman–Crippen LogP) is 3.09. The molecule has 2 nitrogen and oxygen atoms in total. The van der Waals surface area contributed by atoms with Gasteiger partial charge in [0, 0.05) is 18.0 Å². The van der Waals surface area contributed by atoms with Crippen LogP contribution in [0.5, 0.6) is 5.75 Å². The summed E-state index contributed by atoms with van der Waals surface area (Å²) < 4.78 is 6.25. The Morgan fingerprint density at radius 1 is 1.31 bits per heavy atom. The van der Waals surface area contributed by atoms with Gasteiger partial charge in [0.1, 0.15) is 11.4 Å². The summed E-state index contributed by atoms with van der Waals surface area (Å²) in [5, 5.41) is 0. The minimum Gasteiger partial charge on any atom is -0.487 e. The zero-order valence-corrected chi connectivity index (χ0v) is 9.83. The van der Waals surface area contributed by atoms with E-state index in [1.54, 1.807) is 0 Å². The van der Waals surface area contributed by atoms with Gasteiger partial charge in [0.25, 0.3) is 0 Å². The van der Waals surface area contributed by atoms with E-state index in [0.717, 1.165) is 12.2 Å². The zero-order chi connectivity index (χ0) is 11.2. The lowest BCUT2D eigenvalue weighted by molar-refractivity contribution is 0.0426. The molecule has 1 aliphatic heterocycles. The third-order valence-corrected chi connectivity index (χ3v) is 4.00. The van der Waals surface area contributed by atoms with Crippen LogP contribution < -0.4 is 10.5 Å². The lowest BCUT2D eigenvalue weighted by atomic mass is 9.86. The van der Waals surface area contributed by atoms with Crippen LogP contribution in [-0.4, -0.2) is 5.60 Å². The highest BCUT2D eigenvalue weighted by Crippen LogP contribution is 2.46. The SMILES string of the molecule is Cc1ccc2c(c1)OC1(CCCC1)CC2N. The number of nitrogens with two attached hydrogens (primary N) is 1. The fourth-order valence-corrected chi connectivity index (χ4v) is 3.15. The van der Waals surface area contributed by atoms with Crippen molar-refractivity contribution in [3.63, 3.8) is 0 Å². The lowest BCUT2D eigenvalue weighted by Crippen LogP contribution is -2.40. The normalized spacial score (nSPS) is 26.5. The monoisotopic (exact) mass is 217 g/mol. The largest absolute Gasteiger partial charge is 0.487 e. The van der Waals surface area contributed by atoms with Crippen molar-refractivity contribution in [2.75, 3.05) is 0 Å². The molecule has 16 heavy (non-hydrogen) atoms. The Morgan fingerprint density at radius 2 is 2.06 bits per heavy atom. The van der Waals surface area contributed by atoms with Crippen molar-refractivity contribution in [2.45, 2.75) is 50.7 Å². The van der Waals surface area contributed by atoms with Crippen molar-refractivity contribution in [3.8, 4) is 5.75 Å². The first kappa shape index (κ1) is 10.2. The van der Waals surface area contributed by atoms with Gasteiger partial charge in [0.15, 0.2) is 0 Å². The average Bonchev–Trinajstić information content (AvgIpc) is 2.65. The first-order valence-corrected chi connectivity index (χ1v) is 6.24. The Kier molecular flexibility index (Phi) is 2.21. The number of rotatable bonds is 0. The molecular formula is C14H19NO. The summed E-state index contributed by atoms with van der Waals surface area (Å²) in [4.78, 5) is 0. The molecular weight excluding hydrogens is 198 g/mol. The van der Waals surface area contributed by atoms with Crippen LogP contribution in [0.2, 0.25) is 0 Å². The van der Waals surface area contributed by atoms with Crippen LogP contribution in [0.3, 0.4) is 0 Å². The second-order valence-corrected chi connectivity index (χ2v) is 5.34. The first-order chi connectivity index (χ1) is 7.69. The molecule has 0 aromatic heterocycles. The Balaban J connectivity index is 2.00. The van der Waals surface area contributed by atoms with Gasteiger partial charge in [0.05, 0.1) is 0 Å². The molecule has 86 valence electrons. The van der Waals surface area contributed by atoms with Crippen LogP contribution in [0, 0.1) is 6.92 Å². The van der Waals surface area contributed by atoms with Gasteiger partial charge in [-0.2, -0.15) is 0 Å². The standard InChI is InChI=1S/C14H19NO/c1-10-4-5-11-12(15)9-14(6-2-3-7-14)16-13(11)8-10/h4-5,8,12H,2-3,6-7,9,15H2,1H3. The fourth-order valence-electron chi connectivity index (χ4n) is 3.15. The van der Waals surface area contributed by atoms with Crippen molar-refractivity contribution in [2.24, 2.45) is 5.73 Å². The summed E-state index contributed by atoms with van der Waals surface area (Å²) in [5.74, 6) is 1.03. The maximum absolute atomic E-state index is 6.27. The molecule has 1 fully saturated rings. The second-order valence-electron chi connectivity index (χ2n) is 5.34. The van der Waals surface area contributed by atoms with E-state index in [1.165, 1.54) is 36.8 Å². The topological polar surface area (TPSA) is 35.2 Å². The summed E-state index contributed by atoms with van der Waals surface area (Å²) in [7, 11) is 0. The van der Waals surface area contributed by atoms with E-state index >= 15 is 0 Å². The van der Waals surface area contributed by atoms with Crippen LogP contribution in [0.25, 0.3) is 0 Å². The van der Waals surface area contributed by atoms with Gasteiger partial charge in [-0.1, -0.05) is 12.1 Å². The number of hydrogen-bond donors (Lipinski definition) is 1. The molecule has 1 aromatic rings. The van der Waals surface area contributed by atoms with E-state index in [0.29, 0.717) is 0 Å². The molecule has 1 spiro atoms. The summed E-state index contributed by atoms with van der Waals surface area (Å²) in [5.41, 5.74) is 8.76. The lowest BCUT2D eigenvalue weighted by Gasteiger charge is -2.38. The summed E-state index contributed by atoms with van der Waals surface area (Å²) in [6.45, 7) is 2.10. The Bertz CT molecular complexity index is 407. The molecule has 0 amide bonds. The third kappa shape index (κ3) is 1.52. The Labute approximate surface area is 96.8 Å². The number of fused-ring (bicyclic) bond motifs is 1. The molecule has 0 saturated heterocycles. The molecule has 0 radical (unpaired) electrons. The number of hydrogen-bond acceptors (Lipinski definition) is 2. The van der Waals surface area contributed by atoms with Crippen LogP contribution >= 0.6 is 0 Å². The minimum atomic E-state index is 0.0558. The van der Waals surface area contributed by atoms with Gasteiger partial charge in [-0.3, -0.25) is 0 Å². The Hall–Kier alpha value is -1.02. The van der Waals surface area contributed by atoms with Crippen molar-refractivity contribution in [1.82, 2.24) is 0 Å². The van der Waals surface area contributed by atoms with Gasteiger partial charge in [-0.15, -0.1) is 0 Å². The highest BCUT2D eigenvalue weighted by molar-refractivity contribution is 5.41. The molecule has 1 aromatic carbocycles. The van der Waals surface area contributed by atoms with Crippen LogP contribution in [-0.2, 0) is 0 Å². The van der Waals surface area contributed by atoms with Gasteiger partial charge in [0.2, 0.25) is 0 Å². The molecule has 1 unspecified atom stereocenters. The number of ether oxygens (including phenoxy) is 1. The van der Waals surface area contributed by atoms with Gasteiger partial charge >= 0.3 is 0 Å². The van der Waals surface area contributed by atoms with Gasteiger partial charge in [-0.25, -0.2) is 0 Å². The molecule has 3 rings (SSSR count). The molecule has 2 aliphatic rings. The zero-order valence-electron chi connectivity index (χ0n) is 9.83. The molecule has 1 atom stereocenters. The van der Waals surface area contributed by atoms with E-state index in [9.17, 15) is 0 Å². The van der Waals surface area contributed by atoms with E-state index in [2.05, 4.69) is 25.1 Å². The van der Waals surface area contributed by atoms with Crippen LogP contribution in [0.15, 0.2) is 18.2 Å². The highest BCUT2D eigenvalue weighted by Gasteiger charge is 2.41. The Morgan fingerprint density at radius 3 is 2.81 bits per heavy atom. The molecule has 2 N–H and O–H groups in total. The number of benzene rings is 1. The van der Waals surface area contributed by atoms with E-state index in [1.807, 2.05) is 0 Å². The predicted molar refractivity (Wildman–Crippen MR) is 64.6 cm³/mol. The van der Waals surface area contributed by atoms with E-state index in [-0.39, 0.29) is 11.6 Å². The quantitative estimate of drug-likeness (QED) is 0.724. The highest BCUT2D eigenvalue weighted by atomic mass is 16.5. The van der Waals surface area contributed by atoms with Crippen LogP contribution in [0.1, 0.15) is 49.3 Å². The summed E-state index contributed by atoms with van der Waals surface area (Å²) in [6, 6.07) is 6.53. The van der Waals surface area contributed by atoms with E-state index < -0.39 is 0 Å². The van der Waals surface area contributed by atoms with Gasteiger partial charge < -0.3 is 10.5 Å². The molecule has 1 heterocycles. The fraction of sp³-hybridized carbons (Fsp3) is 0.571. The summed E-state index contributed by atoms with van der Waals surface area (Å²) in [6.07, 6.45) is 5.91. The van der Waals surface area contributed by atoms with Crippen molar-refractivity contribution in [1.29, 1.82) is 0 Å². The maximum atomic E-state index is 6.27. The molecule has 1 aliphatic carbocycles. The second kappa shape index (κ2) is 3.49. The molecule has 2 heteroatoms. The first-order valence-electron chi connectivity index (χ1n) is 6.24. The minimum absolute atomic E-state index is 0.0558. The smallest absolute Gasteiger partial charge is 0.125 e. The maximum Gasteiger partial charge on any atom is 0.125 e. The summed E-state index contributed by atoms with van der Waals surface area (Å²) >= 11 is 0. The van der Waals surface area contributed by atoms with Crippen molar-refractivity contribution < 1.29 is 4.74 Å². The van der Waals surface area contributed by atoms with Crippen molar-refractivity contribution >= 4 is 0 Å². The van der Waals surface area contributed by atoms with Crippen molar-refractivity contribution in [3.05, 3.63) is 29.3 Å². The average molecular weight is 217 g/mol. The van der Waals surface area contributed by atoms with Crippen LogP contribution in [0.4, 0.5) is 0 Å². The van der Waals surface area contributed by atoms with Gasteiger partial charge in [-0.05, 0) is 44.2 Å². The molecule has 0 bridgehead atoms. The molecule has 1 saturated carbocycles. The van der Waals surface area contributed by atoms with E-state index in [4.69, 9.17) is 10.5 Å². The third-order valence-electron chi connectivity index (χ3n) is 4.00. The number of aryl methyl sites for hydroxylation is 1.